The minimum Gasteiger partial charge on any atom is -0.493 e. The highest BCUT2D eigenvalue weighted by molar-refractivity contribution is 5.68. The first-order valence-corrected chi connectivity index (χ1v) is 7.00. The van der Waals surface area contributed by atoms with Crippen LogP contribution in [0.3, 0.4) is 0 Å². The molecule has 2 unspecified atom stereocenters. The Morgan fingerprint density at radius 1 is 1.52 bits per heavy atom. The second kappa shape index (κ2) is 7.28. The van der Waals surface area contributed by atoms with E-state index in [2.05, 4.69) is 0 Å². The van der Waals surface area contributed by atoms with Gasteiger partial charge in [-0.25, -0.2) is 0 Å². The van der Waals surface area contributed by atoms with E-state index in [0.717, 1.165) is 19.4 Å². The van der Waals surface area contributed by atoms with Crippen molar-refractivity contribution in [3.8, 4) is 11.5 Å². The van der Waals surface area contributed by atoms with Gasteiger partial charge in [0.25, 0.3) is 0 Å². The molecule has 0 radical (unpaired) electrons. The average molecular weight is 295 g/mol. The first-order chi connectivity index (χ1) is 10.1. The molecule has 6 heteroatoms. The van der Waals surface area contributed by atoms with Crippen molar-refractivity contribution in [1.29, 1.82) is 0 Å². The van der Waals surface area contributed by atoms with Crippen molar-refractivity contribution in [3.63, 3.8) is 0 Å². The third-order valence-electron chi connectivity index (χ3n) is 3.42. The van der Waals surface area contributed by atoms with E-state index in [1.54, 1.807) is 25.3 Å². The summed E-state index contributed by atoms with van der Waals surface area (Å²) in [6, 6.07) is 4.70. The maximum Gasteiger partial charge on any atom is 0.305 e. The van der Waals surface area contributed by atoms with Crippen molar-refractivity contribution >= 4 is 5.97 Å². The quantitative estimate of drug-likeness (QED) is 0.830. The van der Waals surface area contributed by atoms with Gasteiger partial charge in [-0.15, -0.1) is 0 Å². The molecule has 2 atom stereocenters. The largest absolute Gasteiger partial charge is 0.493 e. The minimum atomic E-state index is -0.929. The van der Waals surface area contributed by atoms with Gasteiger partial charge in [0.05, 0.1) is 20.1 Å². The summed E-state index contributed by atoms with van der Waals surface area (Å²) >= 11 is 0. The fourth-order valence-electron chi connectivity index (χ4n) is 2.30. The number of carboxylic acid groups (broad SMARTS) is 1. The predicted molar refractivity (Wildman–Crippen MR) is 76.6 cm³/mol. The third kappa shape index (κ3) is 4.34. The number of nitrogens with two attached hydrogens (primary N) is 1. The summed E-state index contributed by atoms with van der Waals surface area (Å²) in [5.74, 6) is 0.249. The molecular formula is C15H21NO5. The summed E-state index contributed by atoms with van der Waals surface area (Å²) in [5.41, 5.74) is 6.57. The van der Waals surface area contributed by atoms with Crippen molar-refractivity contribution in [2.24, 2.45) is 5.73 Å². The first-order valence-electron chi connectivity index (χ1n) is 7.00. The summed E-state index contributed by atoms with van der Waals surface area (Å²) in [6.07, 6.45) is 1.82. The number of rotatable bonds is 6. The molecule has 1 fully saturated rings. The van der Waals surface area contributed by atoms with Crippen LogP contribution in [-0.4, -0.2) is 37.5 Å². The number of hydrogen-bond acceptors (Lipinski definition) is 5. The Bertz CT molecular complexity index is 485. The Balaban J connectivity index is 2.10. The van der Waals surface area contributed by atoms with E-state index in [0.29, 0.717) is 23.7 Å². The van der Waals surface area contributed by atoms with E-state index < -0.39 is 12.0 Å². The zero-order chi connectivity index (χ0) is 15.2. The Labute approximate surface area is 123 Å². The zero-order valence-electron chi connectivity index (χ0n) is 12.1. The third-order valence-corrected chi connectivity index (χ3v) is 3.42. The van der Waals surface area contributed by atoms with Crippen LogP contribution in [0.4, 0.5) is 0 Å². The minimum absolute atomic E-state index is 0.0196. The fourth-order valence-corrected chi connectivity index (χ4v) is 2.30. The lowest BCUT2D eigenvalue weighted by molar-refractivity contribution is -0.137. The molecule has 1 aromatic carbocycles. The van der Waals surface area contributed by atoms with Crippen molar-refractivity contribution in [1.82, 2.24) is 0 Å². The van der Waals surface area contributed by atoms with Gasteiger partial charge in [-0.2, -0.15) is 0 Å². The van der Waals surface area contributed by atoms with Gasteiger partial charge in [-0.05, 0) is 30.5 Å². The lowest BCUT2D eigenvalue weighted by atomic mass is 10.0. The van der Waals surface area contributed by atoms with Gasteiger partial charge in [0.15, 0.2) is 11.5 Å². The van der Waals surface area contributed by atoms with Crippen LogP contribution >= 0.6 is 0 Å². The number of hydrogen-bond donors (Lipinski definition) is 2. The van der Waals surface area contributed by atoms with Crippen LogP contribution in [0.1, 0.15) is 30.9 Å². The Morgan fingerprint density at radius 2 is 2.33 bits per heavy atom. The van der Waals surface area contributed by atoms with E-state index in [9.17, 15) is 4.79 Å². The summed E-state index contributed by atoms with van der Waals surface area (Å²) in [7, 11) is 1.55. The fraction of sp³-hybridized carbons (Fsp3) is 0.533. The van der Waals surface area contributed by atoms with Crippen molar-refractivity contribution in [3.05, 3.63) is 23.8 Å². The topological polar surface area (TPSA) is 91.0 Å². The number of methoxy groups -OCH3 is 1. The molecule has 0 aromatic heterocycles. The summed E-state index contributed by atoms with van der Waals surface area (Å²) in [5, 5.41) is 8.79. The molecule has 1 heterocycles. The normalized spacial score (nSPS) is 19.8. The second-order valence-corrected chi connectivity index (χ2v) is 5.07. The number of benzene rings is 1. The average Bonchev–Trinajstić information content (AvgIpc) is 2.48. The van der Waals surface area contributed by atoms with Crippen LogP contribution in [0.2, 0.25) is 0 Å². The van der Waals surface area contributed by atoms with E-state index in [-0.39, 0.29) is 12.5 Å². The molecule has 0 amide bonds. The van der Waals surface area contributed by atoms with E-state index in [1.165, 1.54) is 0 Å². The van der Waals surface area contributed by atoms with Gasteiger partial charge >= 0.3 is 5.97 Å². The Hall–Kier alpha value is -1.79. The van der Waals surface area contributed by atoms with E-state index in [1.807, 2.05) is 0 Å². The number of aliphatic carboxylic acids is 1. The maximum absolute atomic E-state index is 10.7. The molecule has 3 N–H and O–H groups in total. The maximum atomic E-state index is 10.7. The monoisotopic (exact) mass is 295 g/mol. The van der Waals surface area contributed by atoms with Crippen molar-refractivity contribution in [2.45, 2.75) is 31.4 Å². The zero-order valence-corrected chi connectivity index (χ0v) is 12.1. The van der Waals surface area contributed by atoms with Crippen LogP contribution in [0.5, 0.6) is 11.5 Å². The molecule has 1 aliphatic heterocycles. The molecule has 0 spiro atoms. The first kappa shape index (κ1) is 15.6. The van der Waals surface area contributed by atoms with E-state index >= 15 is 0 Å². The summed E-state index contributed by atoms with van der Waals surface area (Å²) in [4.78, 5) is 10.7. The highest BCUT2D eigenvalue weighted by Crippen LogP contribution is 2.32. The molecule has 21 heavy (non-hydrogen) atoms. The van der Waals surface area contributed by atoms with Crippen LogP contribution in [0.25, 0.3) is 0 Å². The van der Waals surface area contributed by atoms with Crippen molar-refractivity contribution in [2.75, 3.05) is 20.3 Å². The van der Waals surface area contributed by atoms with Gasteiger partial charge in [-0.3, -0.25) is 4.79 Å². The van der Waals surface area contributed by atoms with Gasteiger partial charge in [0.1, 0.15) is 6.10 Å². The molecule has 116 valence electrons. The smallest absolute Gasteiger partial charge is 0.305 e. The molecule has 0 saturated carbocycles. The molecule has 0 bridgehead atoms. The molecule has 6 nitrogen and oxygen atoms in total. The lowest BCUT2D eigenvalue weighted by Crippen LogP contribution is -2.28. The molecule has 1 aromatic rings. The molecular weight excluding hydrogens is 274 g/mol. The highest BCUT2D eigenvalue weighted by Gasteiger charge is 2.19. The second-order valence-electron chi connectivity index (χ2n) is 5.07. The van der Waals surface area contributed by atoms with E-state index in [4.69, 9.17) is 25.1 Å². The molecule has 2 rings (SSSR count). The molecule has 1 aliphatic rings. The van der Waals surface area contributed by atoms with Gasteiger partial charge in [0, 0.05) is 12.6 Å². The van der Waals surface area contributed by atoms with Crippen LogP contribution in [0.15, 0.2) is 18.2 Å². The Kier molecular flexibility index (Phi) is 5.41. The lowest BCUT2D eigenvalue weighted by Gasteiger charge is -2.24. The molecule has 1 saturated heterocycles. The van der Waals surface area contributed by atoms with Gasteiger partial charge < -0.3 is 25.1 Å². The highest BCUT2D eigenvalue weighted by atomic mass is 16.5. The van der Waals surface area contributed by atoms with Gasteiger partial charge in [0.2, 0.25) is 0 Å². The van der Waals surface area contributed by atoms with Crippen LogP contribution in [0, 0.1) is 0 Å². The van der Waals surface area contributed by atoms with Crippen molar-refractivity contribution < 1.29 is 24.1 Å². The predicted octanol–water partition coefficient (Wildman–Crippen LogP) is 1.73. The Morgan fingerprint density at radius 3 is 2.95 bits per heavy atom. The SMILES string of the molecule is COc1cc(C(N)CC(=O)O)ccc1OC1CCCOC1. The number of carbonyl (C=O) groups is 1. The summed E-state index contributed by atoms with van der Waals surface area (Å²) < 4.78 is 16.6. The molecule has 0 aliphatic carbocycles. The standard InChI is InChI=1S/C15H21NO5/c1-19-14-7-10(12(16)8-15(17)18)4-5-13(14)21-11-3-2-6-20-9-11/h4-5,7,11-12H,2-3,6,8-9,16H2,1H3,(H,17,18). The number of ether oxygens (including phenoxy) is 3. The number of carboxylic acids is 1. The van der Waals surface area contributed by atoms with Gasteiger partial charge in [-0.1, -0.05) is 6.07 Å². The van der Waals surface area contributed by atoms with Crippen LogP contribution in [-0.2, 0) is 9.53 Å². The summed E-state index contributed by atoms with van der Waals surface area (Å²) in [6.45, 7) is 1.35. The van der Waals surface area contributed by atoms with Crippen LogP contribution < -0.4 is 15.2 Å².